The Morgan fingerprint density at radius 3 is 2.40 bits per heavy atom. The number of nitrogens with one attached hydrogen (secondary N) is 1. The zero-order valence-corrected chi connectivity index (χ0v) is 6.90. The van der Waals surface area contributed by atoms with Crippen LogP contribution in [0.4, 0.5) is 0 Å². The van der Waals surface area contributed by atoms with Gasteiger partial charge in [0.05, 0.1) is 0 Å². The first kappa shape index (κ1) is 9.43. The van der Waals surface area contributed by atoms with Gasteiger partial charge in [0.1, 0.15) is 0 Å². The minimum atomic E-state index is -0.316. The number of hydrogen-bond donors (Lipinski definition) is 2. The van der Waals surface area contributed by atoms with E-state index >= 15 is 0 Å². The van der Waals surface area contributed by atoms with Crippen molar-refractivity contribution in [2.45, 2.75) is 20.3 Å². The Labute approximate surface area is 62.0 Å². The van der Waals surface area contributed by atoms with E-state index in [0.29, 0.717) is 6.54 Å². The van der Waals surface area contributed by atoms with Gasteiger partial charge < -0.3 is 11.1 Å². The van der Waals surface area contributed by atoms with Gasteiger partial charge in [0.2, 0.25) is 5.91 Å². The summed E-state index contributed by atoms with van der Waals surface area (Å²) in [4.78, 5) is 11.1. The molecule has 0 aliphatic heterocycles. The van der Waals surface area contributed by atoms with Crippen LogP contribution < -0.4 is 11.1 Å². The van der Waals surface area contributed by atoms with E-state index < -0.39 is 0 Å². The molecule has 0 radical (unpaired) electrons. The van der Waals surface area contributed by atoms with Crippen molar-refractivity contribution in [2.75, 3.05) is 13.6 Å². The molecule has 0 unspecified atom stereocenters. The molecule has 0 aliphatic rings. The van der Waals surface area contributed by atoms with Crippen LogP contribution in [0.15, 0.2) is 0 Å². The molecule has 0 aromatic carbocycles. The van der Waals surface area contributed by atoms with Crippen molar-refractivity contribution >= 4 is 5.91 Å². The van der Waals surface area contributed by atoms with Crippen molar-refractivity contribution in [3.63, 3.8) is 0 Å². The molecule has 0 spiro atoms. The summed E-state index contributed by atoms with van der Waals surface area (Å²) < 4.78 is 0. The fourth-order valence-electron chi connectivity index (χ4n) is 0.813. The Balaban J connectivity index is 3.96. The van der Waals surface area contributed by atoms with Crippen LogP contribution in [0.3, 0.4) is 0 Å². The SMILES string of the molecule is CNC(=O)C(C)(C)CCN. The lowest BCUT2D eigenvalue weighted by molar-refractivity contribution is -0.129. The summed E-state index contributed by atoms with van der Waals surface area (Å²) in [7, 11) is 1.64. The van der Waals surface area contributed by atoms with Gasteiger partial charge >= 0.3 is 0 Å². The van der Waals surface area contributed by atoms with Gasteiger partial charge in [0.15, 0.2) is 0 Å². The lowest BCUT2D eigenvalue weighted by atomic mass is 9.88. The molecular formula is C7H16N2O. The minimum Gasteiger partial charge on any atom is -0.359 e. The van der Waals surface area contributed by atoms with E-state index in [1.807, 2.05) is 13.8 Å². The van der Waals surface area contributed by atoms with Gasteiger partial charge in [-0.25, -0.2) is 0 Å². The third-order valence-electron chi connectivity index (χ3n) is 1.61. The quantitative estimate of drug-likeness (QED) is 0.590. The molecule has 3 N–H and O–H groups in total. The molecule has 0 saturated heterocycles. The van der Waals surface area contributed by atoms with Gasteiger partial charge in [0.25, 0.3) is 0 Å². The van der Waals surface area contributed by atoms with Gasteiger partial charge in [-0.05, 0) is 13.0 Å². The summed E-state index contributed by atoms with van der Waals surface area (Å²) >= 11 is 0. The Hall–Kier alpha value is -0.570. The van der Waals surface area contributed by atoms with Crippen LogP contribution in [0.5, 0.6) is 0 Å². The van der Waals surface area contributed by atoms with Gasteiger partial charge in [-0.1, -0.05) is 13.8 Å². The van der Waals surface area contributed by atoms with E-state index in [4.69, 9.17) is 5.73 Å². The normalized spacial score (nSPS) is 11.2. The van der Waals surface area contributed by atoms with E-state index in [0.717, 1.165) is 6.42 Å². The second-order valence-electron chi connectivity index (χ2n) is 3.00. The number of hydrogen-bond acceptors (Lipinski definition) is 2. The van der Waals surface area contributed by atoms with Crippen LogP contribution in [-0.4, -0.2) is 19.5 Å². The average Bonchev–Trinajstić information content (AvgIpc) is 1.86. The number of carbonyl (C=O) groups is 1. The van der Waals surface area contributed by atoms with Crippen molar-refractivity contribution in [2.24, 2.45) is 11.1 Å². The third kappa shape index (κ3) is 2.35. The molecule has 0 atom stereocenters. The van der Waals surface area contributed by atoms with Crippen molar-refractivity contribution in [1.82, 2.24) is 5.32 Å². The standard InChI is InChI=1S/C7H16N2O/c1-7(2,4-5-8)6(10)9-3/h4-5,8H2,1-3H3,(H,9,10). The Kier molecular flexibility index (Phi) is 3.36. The monoisotopic (exact) mass is 144 g/mol. The first-order valence-electron chi connectivity index (χ1n) is 3.47. The summed E-state index contributed by atoms with van der Waals surface area (Å²) in [5.41, 5.74) is 5.01. The maximum Gasteiger partial charge on any atom is 0.225 e. The highest BCUT2D eigenvalue weighted by molar-refractivity contribution is 5.81. The lowest BCUT2D eigenvalue weighted by Crippen LogP contribution is -2.35. The highest BCUT2D eigenvalue weighted by Crippen LogP contribution is 2.18. The zero-order valence-electron chi connectivity index (χ0n) is 6.90. The topological polar surface area (TPSA) is 55.1 Å². The molecule has 0 rings (SSSR count). The molecule has 10 heavy (non-hydrogen) atoms. The predicted octanol–water partition coefficient (Wildman–Crippen LogP) is 0.107. The molecule has 0 aromatic rings. The van der Waals surface area contributed by atoms with E-state index in [2.05, 4.69) is 5.32 Å². The Morgan fingerprint density at radius 2 is 2.10 bits per heavy atom. The summed E-state index contributed by atoms with van der Waals surface area (Å²) in [6, 6.07) is 0. The second-order valence-corrected chi connectivity index (χ2v) is 3.00. The van der Waals surface area contributed by atoms with Gasteiger partial charge in [-0.3, -0.25) is 4.79 Å². The molecule has 0 aliphatic carbocycles. The largest absolute Gasteiger partial charge is 0.359 e. The van der Waals surface area contributed by atoms with E-state index in [9.17, 15) is 4.79 Å². The molecule has 3 nitrogen and oxygen atoms in total. The van der Waals surface area contributed by atoms with Crippen molar-refractivity contribution < 1.29 is 4.79 Å². The fraction of sp³-hybridized carbons (Fsp3) is 0.857. The summed E-state index contributed by atoms with van der Waals surface area (Å²) in [5.74, 6) is 0.0537. The van der Waals surface area contributed by atoms with Crippen LogP contribution in [0.1, 0.15) is 20.3 Å². The molecule has 60 valence electrons. The minimum absolute atomic E-state index is 0.0537. The summed E-state index contributed by atoms with van der Waals surface area (Å²) in [6.07, 6.45) is 0.729. The van der Waals surface area contributed by atoms with E-state index in [-0.39, 0.29) is 11.3 Å². The van der Waals surface area contributed by atoms with Crippen molar-refractivity contribution in [3.05, 3.63) is 0 Å². The van der Waals surface area contributed by atoms with Crippen molar-refractivity contribution in [3.8, 4) is 0 Å². The van der Waals surface area contributed by atoms with Crippen molar-refractivity contribution in [1.29, 1.82) is 0 Å². The predicted molar refractivity (Wildman–Crippen MR) is 41.5 cm³/mol. The van der Waals surface area contributed by atoms with Crippen LogP contribution in [0.25, 0.3) is 0 Å². The van der Waals surface area contributed by atoms with E-state index in [1.54, 1.807) is 7.05 Å². The van der Waals surface area contributed by atoms with Crippen LogP contribution in [0.2, 0.25) is 0 Å². The molecule has 1 amide bonds. The first-order chi connectivity index (χ1) is 4.54. The Bertz CT molecular complexity index is 121. The molecule has 0 heterocycles. The van der Waals surface area contributed by atoms with Gasteiger partial charge in [0, 0.05) is 12.5 Å². The molecule has 0 saturated carbocycles. The smallest absolute Gasteiger partial charge is 0.225 e. The maximum absolute atomic E-state index is 11.1. The maximum atomic E-state index is 11.1. The van der Waals surface area contributed by atoms with Gasteiger partial charge in [-0.2, -0.15) is 0 Å². The fourth-order valence-corrected chi connectivity index (χ4v) is 0.813. The molecular weight excluding hydrogens is 128 g/mol. The average molecular weight is 144 g/mol. The van der Waals surface area contributed by atoms with Gasteiger partial charge in [-0.15, -0.1) is 0 Å². The number of amides is 1. The van der Waals surface area contributed by atoms with Crippen LogP contribution in [0, 0.1) is 5.41 Å². The molecule has 0 bridgehead atoms. The lowest BCUT2D eigenvalue weighted by Gasteiger charge is -2.20. The summed E-state index contributed by atoms with van der Waals surface area (Å²) in [6.45, 7) is 4.33. The Morgan fingerprint density at radius 1 is 1.60 bits per heavy atom. The number of carbonyl (C=O) groups excluding carboxylic acids is 1. The third-order valence-corrected chi connectivity index (χ3v) is 1.61. The molecule has 0 fully saturated rings. The van der Waals surface area contributed by atoms with E-state index in [1.165, 1.54) is 0 Å². The number of nitrogens with two attached hydrogens (primary N) is 1. The number of rotatable bonds is 3. The first-order valence-corrected chi connectivity index (χ1v) is 3.47. The van der Waals surface area contributed by atoms with Crippen LogP contribution in [-0.2, 0) is 4.79 Å². The molecule has 0 aromatic heterocycles. The summed E-state index contributed by atoms with van der Waals surface area (Å²) in [5, 5.41) is 2.60. The molecule has 3 heteroatoms. The highest BCUT2D eigenvalue weighted by Gasteiger charge is 2.24. The highest BCUT2D eigenvalue weighted by atomic mass is 16.2. The van der Waals surface area contributed by atoms with Crippen LogP contribution >= 0.6 is 0 Å². The second kappa shape index (κ2) is 3.56. The zero-order chi connectivity index (χ0) is 8.20.